The molecule has 45 heavy (non-hydrogen) atoms. The van der Waals surface area contributed by atoms with Gasteiger partial charge in [-0.2, -0.15) is 0 Å². The van der Waals surface area contributed by atoms with Gasteiger partial charge in [0.05, 0.1) is 31.9 Å². The van der Waals surface area contributed by atoms with Crippen LogP contribution in [0.25, 0.3) is 0 Å². The number of hydrogen-bond donors (Lipinski definition) is 2. The van der Waals surface area contributed by atoms with Crippen molar-refractivity contribution in [1.82, 2.24) is 14.9 Å². The highest BCUT2D eigenvalue weighted by Crippen LogP contribution is 2.42. The van der Waals surface area contributed by atoms with Crippen molar-refractivity contribution in [2.45, 2.75) is 51.2 Å². The van der Waals surface area contributed by atoms with Crippen LogP contribution in [0.1, 0.15) is 48.8 Å². The first-order valence-corrected chi connectivity index (χ1v) is 15.3. The smallest absolute Gasteiger partial charge is 0.330 e. The number of aromatic nitrogens is 2. The lowest BCUT2D eigenvalue weighted by Crippen LogP contribution is -2.45. The Balaban J connectivity index is 1.58. The van der Waals surface area contributed by atoms with Crippen molar-refractivity contribution in [1.29, 1.82) is 0 Å². The highest BCUT2D eigenvalue weighted by atomic mass is 32.1. The number of rotatable bonds is 11. The molecule has 0 unspecified atom stereocenters. The van der Waals surface area contributed by atoms with E-state index in [2.05, 4.69) is 10.3 Å². The Hall–Kier alpha value is -4.25. The Morgan fingerprint density at radius 2 is 1.51 bits per heavy atom. The topological polar surface area (TPSA) is 104 Å². The number of benzene rings is 3. The van der Waals surface area contributed by atoms with Crippen molar-refractivity contribution in [2.75, 3.05) is 20.8 Å². The number of aromatic amines is 1. The van der Waals surface area contributed by atoms with Crippen LogP contribution in [0.15, 0.2) is 94.6 Å². The summed E-state index contributed by atoms with van der Waals surface area (Å²) in [6.45, 7) is 5.86. The third-order valence-corrected chi connectivity index (χ3v) is 8.77. The van der Waals surface area contributed by atoms with E-state index < -0.39 is 29.2 Å². The van der Waals surface area contributed by atoms with Gasteiger partial charge in [0.1, 0.15) is 29.4 Å². The van der Waals surface area contributed by atoms with Crippen LogP contribution in [0.2, 0.25) is 0 Å². The number of nitrogens with one attached hydrogen (secondary N) is 2. The van der Waals surface area contributed by atoms with Crippen LogP contribution in [0.3, 0.4) is 0 Å². The number of H-pyrrole nitrogens is 1. The summed E-state index contributed by atoms with van der Waals surface area (Å²) in [5.74, 6) is 1.57. The average Bonchev–Trinajstić information content (AvgIpc) is 3.46. The highest BCUT2D eigenvalue weighted by Gasteiger charge is 2.43. The average molecular weight is 630 g/mol. The molecule has 5 rings (SSSR count). The molecule has 0 saturated carbocycles. The van der Waals surface area contributed by atoms with E-state index in [4.69, 9.17) is 31.2 Å². The first-order valence-electron chi connectivity index (χ1n) is 14.9. The summed E-state index contributed by atoms with van der Waals surface area (Å²) >= 11 is 5.67. The molecule has 2 heterocycles. The molecule has 1 aliphatic heterocycles. The monoisotopic (exact) mass is 629 g/mol. The number of nitrogens with zero attached hydrogens (tertiary/aromatic N) is 1. The van der Waals surface area contributed by atoms with Crippen LogP contribution in [-0.4, -0.2) is 47.5 Å². The number of aryl methyl sites for hydroxylation is 1. The molecule has 236 valence electrons. The van der Waals surface area contributed by atoms with Crippen molar-refractivity contribution in [3.05, 3.63) is 128 Å². The van der Waals surface area contributed by atoms with Gasteiger partial charge in [-0.25, -0.2) is 4.79 Å². The first kappa shape index (κ1) is 32.2. The van der Waals surface area contributed by atoms with E-state index >= 15 is 0 Å². The second-order valence-corrected chi connectivity index (χ2v) is 11.9. The molecule has 2 N–H and O–H groups in total. The van der Waals surface area contributed by atoms with Crippen LogP contribution in [-0.2, 0) is 15.1 Å². The molecule has 4 aromatic rings. The maximum atomic E-state index is 12.8. The molecule has 0 spiro atoms. The summed E-state index contributed by atoms with van der Waals surface area (Å²) in [5.41, 5.74) is 1.13. The fraction of sp³-hybridized carbons (Fsp3) is 0.343. The fourth-order valence-electron chi connectivity index (χ4n) is 5.64. The molecule has 3 atom stereocenters. The summed E-state index contributed by atoms with van der Waals surface area (Å²) in [4.78, 5) is 28.0. The molecule has 10 heteroatoms. The lowest BCUT2D eigenvalue weighted by atomic mass is 9.80. The predicted octanol–water partition coefficient (Wildman–Crippen LogP) is 5.10. The van der Waals surface area contributed by atoms with Crippen molar-refractivity contribution in [3.8, 4) is 11.5 Å². The Bertz CT molecular complexity index is 1670. The standard InChI is InChI=1S/C35H39N3O6S/c1-22(2)33(45)36-29-19-31(38-20-23(3)32(39)37-34(38)40)44-30(29)21-43-35(24-9-7-6-8-10-24,25-11-15-27(41-4)16-12-25)26-13-17-28(42-5)18-14-26/h6-18,20,22,29-31H,19,21H2,1-5H3,(H,36,45)(H,37,39,40)/t29-,30+,31+/m0/s1. The maximum absolute atomic E-state index is 12.8. The van der Waals surface area contributed by atoms with Crippen molar-refractivity contribution in [2.24, 2.45) is 5.92 Å². The SMILES string of the molecule is COc1ccc(C(OC[C@H]2O[C@@H](n3cc(C)c(=O)[nH]c3=O)C[C@@H]2NC(=S)C(C)C)(c2ccccc2)c2ccc(OC)cc2)cc1. The normalized spacial score (nSPS) is 18.1. The summed E-state index contributed by atoms with van der Waals surface area (Å²) in [6.07, 6.45) is 0.846. The van der Waals surface area contributed by atoms with Gasteiger partial charge in [-0.15, -0.1) is 0 Å². The minimum absolute atomic E-state index is 0.112. The molecule has 9 nitrogen and oxygen atoms in total. The second-order valence-electron chi connectivity index (χ2n) is 11.4. The number of hydrogen-bond acceptors (Lipinski definition) is 7. The largest absolute Gasteiger partial charge is 0.497 e. The Morgan fingerprint density at radius 1 is 0.956 bits per heavy atom. The molecule has 1 saturated heterocycles. The summed E-state index contributed by atoms with van der Waals surface area (Å²) < 4.78 is 26.0. The fourth-order valence-corrected chi connectivity index (χ4v) is 5.79. The van der Waals surface area contributed by atoms with Gasteiger partial charge in [0.15, 0.2) is 0 Å². The third-order valence-electron chi connectivity index (χ3n) is 8.18. The zero-order valence-electron chi connectivity index (χ0n) is 26.1. The van der Waals surface area contributed by atoms with E-state index in [9.17, 15) is 9.59 Å². The van der Waals surface area contributed by atoms with Gasteiger partial charge in [0, 0.05) is 24.1 Å². The molecule has 1 fully saturated rings. The van der Waals surface area contributed by atoms with Crippen molar-refractivity contribution in [3.63, 3.8) is 0 Å². The van der Waals surface area contributed by atoms with Crippen LogP contribution in [0.5, 0.6) is 11.5 Å². The molecule has 0 aliphatic carbocycles. The van der Waals surface area contributed by atoms with Gasteiger partial charge in [-0.05, 0) is 47.9 Å². The molecule has 0 bridgehead atoms. The van der Waals surface area contributed by atoms with Crippen LogP contribution >= 0.6 is 12.2 Å². The highest BCUT2D eigenvalue weighted by molar-refractivity contribution is 7.80. The summed E-state index contributed by atoms with van der Waals surface area (Å²) in [7, 11) is 3.27. The van der Waals surface area contributed by atoms with Gasteiger partial charge < -0.3 is 24.3 Å². The van der Waals surface area contributed by atoms with Crippen LogP contribution < -0.4 is 26.0 Å². The molecular weight excluding hydrogens is 590 g/mol. The molecule has 3 aromatic carbocycles. The quantitative estimate of drug-likeness (QED) is 0.175. The Morgan fingerprint density at radius 3 is 2.04 bits per heavy atom. The van der Waals surface area contributed by atoms with E-state index in [0.29, 0.717) is 17.0 Å². The zero-order chi connectivity index (χ0) is 32.1. The molecule has 1 aromatic heterocycles. The van der Waals surface area contributed by atoms with E-state index in [0.717, 1.165) is 28.2 Å². The number of ether oxygens (including phenoxy) is 4. The van der Waals surface area contributed by atoms with Crippen molar-refractivity contribution >= 4 is 17.2 Å². The Labute approximate surface area is 268 Å². The Kier molecular flexibility index (Phi) is 9.86. The van der Waals surface area contributed by atoms with Gasteiger partial charge in [0.2, 0.25) is 0 Å². The molecule has 1 aliphatic rings. The zero-order valence-corrected chi connectivity index (χ0v) is 26.9. The minimum Gasteiger partial charge on any atom is -0.497 e. The molecule has 0 amide bonds. The third kappa shape index (κ3) is 6.73. The minimum atomic E-state index is -1.05. The summed E-state index contributed by atoms with van der Waals surface area (Å²) in [6, 6.07) is 25.4. The van der Waals surface area contributed by atoms with Gasteiger partial charge >= 0.3 is 5.69 Å². The lowest BCUT2D eigenvalue weighted by molar-refractivity contribution is -0.0806. The predicted molar refractivity (Wildman–Crippen MR) is 177 cm³/mol. The number of thiocarbonyl (C=S) groups is 1. The van der Waals surface area contributed by atoms with Crippen LogP contribution in [0, 0.1) is 12.8 Å². The van der Waals surface area contributed by atoms with E-state index in [1.54, 1.807) is 21.1 Å². The van der Waals surface area contributed by atoms with Crippen molar-refractivity contribution < 1.29 is 18.9 Å². The second kappa shape index (κ2) is 13.8. The van der Waals surface area contributed by atoms with Crippen LogP contribution in [0.4, 0.5) is 0 Å². The lowest BCUT2D eigenvalue weighted by Gasteiger charge is -2.37. The molecular formula is C35H39N3O6S. The first-order chi connectivity index (χ1) is 21.7. The summed E-state index contributed by atoms with van der Waals surface area (Å²) in [5, 5.41) is 3.47. The van der Waals surface area contributed by atoms with Gasteiger partial charge in [-0.3, -0.25) is 14.3 Å². The van der Waals surface area contributed by atoms with E-state index in [-0.39, 0.29) is 18.6 Å². The van der Waals surface area contributed by atoms with Gasteiger partial charge in [-0.1, -0.05) is 80.7 Å². The molecule has 0 radical (unpaired) electrons. The van der Waals surface area contributed by atoms with Gasteiger partial charge in [0.25, 0.3) is 5.56 Å². The number of methoxy groups -OCH3 is 2. The van der Waals surface area contributed by atoms with E-state index in [1.165, 1.54) is 10.8 Å². The van der Waals surface area contributed by atoms with E-state index in [1.807, 2.05) is 92.7 Å². The maximum Gasteiger partial charge on any atom is 0.330 e.